The molecule has 0 fully saturated rings. The van der Waals surface area contributed by atoms with Gasteiger partial charge in [0.25, 0.3) is 0 Å². The van der Waals surface area contributed by atoms with Crippen LogP contribution >= 0.6 is 15.9 Å². The molecule has 1 aromatic carbocycles. The zero-order valence-corrected chi connectivity index (χ0v) is 11.5. The van der Waals surface area contributed by atoms with Gasteiger partial charge in [-0.15, -0.1) is 0 Å². The minimum absolute atomic E-state index is 0.324. The summed E-state index contributed by atoms with van der Waals surface area (Å²) in [5.74, 6) is 0.645. The minimum atomic E-state index is -0.324. The van der Waals surface area contributed by atoms with Crippen LogP contribution in [0.2, 0.25) is 0 Å². The Bertz CT molecular complexity index is 530. The molecule has 1 aromatic heterocycles. The molecule has 0 radical (unpaired) electrons. The first-order valence-corrected chi connectivity index (χ1v) is 6.42. The third kappa shape index (κ3) is 3.14. The molecule has 1 N–H and O–H groups in total. The van der Waals surface area contributed by atoms with Crippen LogP contribution in [-0.4, -0.2) is 23.7 Å². The first-order valence-electron chi connectivity index (χ1n) is 5.63. The Labute approximate surface area is 113 Å². The van der Waals surface area contributed by atoms with Gasteiger partial charge in [0.2, 0.25) is 11.7 Å². The Hall–Kier alpha value is -1.27. The van der Waals surface area contributed by atoms with Crippen LogP contribution in [0.4, 0.5) is 4.39 Å². The van der Waals surface area contributed by atoms with E-state index in [1.165, 1.54) is 12.1 Å². The monoisotopic (exact) mass is 313 g/mol. The molecule has 4 nitrogen and oxygen atoms in total. The molecule has 0 aliphatic carbocycles. The second-order valence-electron chi connectivity index (χ2n) is 3.84. The lowest BCUT2D eigenvalue weighted by Gasteiger charge is -1.98. The number of rotatable bonds is 5. The largest absolute Gasteiger partial charge is 0.339 e. The molecular weight excluding hydrogens is 301 g/mol. The topological polar surface area (TPSA) is 51.0 Å². The maximum absolute atomic E-state index is 13.2. The van der Waals surface area contributed by atoms with Gasteiger partial charge in [-0.25, -0.2) is 4.39 Å². The lowest BCUT2D eigenvalue weighted by molar-refractivity contribution is 0.375. The molecule has 2 rings (SSSR count). The van der Waals surface area contributed by atoms with E-state index in [0.29, 0.717) is 23.7 Å². The van der Waals surface area contributed by atoms with E-state index in [2.05, 4.69) is 31.4 Å². The van der Waals surface area contributed by atoms with Gasteiger partial charge in [0.15, 0.2) is 0 Å². The molecule has 0 aliphatic heterocycles. The van der Waals surface area contributed by atoms with Gasteiger partial charge in [-0.1, -0.05) is 21.1 Å². The summed E-state index contributed by atoms with van der Waals surface area (Å²) in [6, 6.07) is 4.38. The molecule has 1 heterocycles. The number of hydrogen-bond acceptors (Lipinski definition) is 4. The normalized spacial score (nSPS) is 10.8. The quantitative estimate of drug-likeness (QED) is 0.862. The number of nitrogens with zero attached hydrogens (tertiary/aromatic N) is 2. The molecule has 0 spiro atoms. The van der Waals surface area contributed by atoms with Gasteiger partial charge >= 0.3 is 0 Å². The maximum Gasteiger partial charge on any atom is 0.227 e. The van der Waals surface area contributed by atoms with Crippen molar-refractivity contribution in [1.29, 1.82) is 0 Å². The summed E-state index contributed by atoms with van der Waals surface area (Å²) in [6.45, 7) is 0.890. The van der Waals surface area contributed by atoms with Gasteiger partial charge < -0.3 is 9.84 Å². The predicted octanol–water partition coefficient (Wildman–Crippen LogP) is 2.79. The number of aromatic nitrogens is 2. The summed E-state index contributed by atoms with van der Waals surface area (Å²) in [4.78, 5) is 4.25. The van der Waals surface area contributed by atoms with Crippen LogP contribution in [0.1, 0.15) is 12.3 Å². The molecular formula is C12H13BrFN3O. The Morgan fingerprint density at radius 1 is 1.44 bits per heavy atom. The van der Waals surface area contributed by atoms with Crippen LogP contribution in [0.3, 0.4) is 0 Å². The summed E-state index contributed by atoms with van der Waals surface area (Å²) < 4.78 is 19.0. The van der Waals surface area contributed by atoms with Crippen molar-refractivity contribution in [3.8, 4) is 11.4 Å². The van der Waals surface area contributed by atoms with E-state index in [1.807, 2.05) is 7.05 Å². The number of nitrogens with one attached hydrogen (secondary N) is 1. The van der Waals surface area contributed by atoms with E-state index in [9.17, 15) is 4.39 Å². The number of benzene rings is 1. The lowest BCUT2D eigenvalue weighted by Crippen LogP contribution is -2.08. The molecule has 0 atom stereocenters. The summed E-state index contributed by atoms with van der Waals surface area (Å²) in [6.07, 6.45) is 1.63. The van der Waals surface area contributed by atoms with Gasteiger partial charge in [0.1, 0.15) is 5.82 Å². The number of hydrogen-bond donors (Lipinski definition) is 1. The van der Waals surface area contributed by atoms with Crippen molar-refractivity contribution in [2.75, 3.05) is 13.6 Å². The first-order chi connectivity index (χ1) is 8.70. The van der Waals surface area contributed by atoms with Crippen molar-refractivity contribution in [2.24, 2.45) is 0 Å². The van der Waals surface area contributed by atoms with E-state index >= 15 is 0 Å². The van der Waals surface area contributed by atoms with E-state index in [0.717, 1.165) is 17.4 Å². The van der Waals surface area contributed by atoms with E-state index in [-0.39, 0.29) is 5.82 Å². The van der Waals surface area contributed by atoms with Gasteiger partial charge in [-0.3, -0.25) is 0 Å². The third-order valence-electron chi connectivity index (χ3n) is 2.45. The second kappa shape index (κ2) is 6.06. The molecule has 0 saturated heterocycles. The fraction of sp³-hybridized carbons (Fsp3) is 0.333. The van der Waals surface area contributed by atoms with Crippen LogP contribution in [0, 0.1) is 5.82 Å². The number of aryl methyl sites for hydroxylation is 1. The summed E-state index contributed by atoms with van der Waals surface area (Å²) in [5, 5.41) is 6.91. The minimum Gasteiger partial charge on any atom is -0.339 e. The van der Waals surface area contributed by atoms with Crippen LogP contribution < -0.4 is 5.32 Å². The standard InChI is InChI=1S/C12H13BrFN3O/c1-15-6-2-3-11-16-12(17-18-11)9-7-8(14)4-5-10(9)13/h4-5,7,15H,2-3,6H2,1H3. The van der Waals surface area contributed by atoms with Crippen molar-refractivity contribution >= 4 is 15.9 Å². The Morgan fingerprint density at radius 2 is 2.28 bits per heavy atom. The molecule has 0 saturated carbocycles. The lowest BCUT2D eigenvalue weighted by atomic mass is 10.2. The molecule has 96 valence electrons. The van der Waals surface area contributed by atoms with Crippen molar-refractivity contribution in [3.05, 3.63) is 34.4 Å². The third-order valence-corrected chi connectivity index (χ3v) is 3.15. The highest BCUT2D eigenvalue weighted by molar-refractivity contribution is 9.10. The smallest absolute Gasteiger partial charge is 0.227 e. The Morgan fingerprint density at radius 3 is 3.06 bits per heavy atom. The van der Waals surface area contributed by atoms with Crippen molar-refractivity contribution in [3.63, 3.8) is 0 Å². The van der Waals surface area contributed by atoms with Crippen molar-refractivity contribution in [1.82, 2.24) is 15.5 Å². The van der Waals surface area contributed by atoms with Crippen molar-refractivity contribution < 1.29 is 8.91 Å². The maximum atomic E-state index is 13.2. The average Bonchev–Trinajstić information content (AvgIpc) is 2.81. The van der Waals surface area contributed by atoms with Gasteiger partial charge in [-0.2, -0.15) is 4.98 Å². The Kier molecular flexibility index (Phi) is 4.43. The second-order valence-corrected chi connectivity index (χ2v) is 4.70. The Balaban J connectivity index is 2.16. The van der Waals surface area contributed by atoms with Crippen LogP contribution in [-0.2, 0) is 6.42 Å². The van der Waals surface area contributed by atoms with E-state index in [1.54, 1.807) is 6.07 Å². The highest BCUT2D eigenvalue weighted by Crippen LogP contribution is 2.26. The molecule has 6 heteroatoms. The van der Waals surface area contributed by atoms with Gasteiger partial charge in [0.05, 0.1) is 0 Å². The zero-order chi connectivity index (χ0) is 13.0. The molecule has 2 aromatic rings. The van der Waals surface area contributed by atoms with Crippen LogP contribution in [0.5, 0.6) is 0 Å². The molecule has 0 aliphatic rings. The summed E-state index contributed by atoms with van der Waals surface area (Å²) in [7, 11) is 1.89. The SMILES string of the molecule is CNCCCc1nc(-c2cc(F)ccc2Br)no1. The van der Waals surface area contributed by atoms with E-state index < -0.39 is 0 Å². The van der Waals surface area contributed by atoms with Crippen molar-refractivity contribution in [2.45, 2.75) is 12.8 Å². The van der Waals surface area contributed by atoms with Crippen LogP contribution in [0.25, 0.3) is 11.4 Å². The van der Waals surface area contributed by atoms with E-state index in [4.69, 9.17) is 4.52 Å². The molecule has 0 amide bonds. The highest BCUT2D eigenvalue weighted by atomic mass is 79.9. The van der Waals surface area contributed by atoms with Gasteiger partial charge in [-0.05, 0) is 38.2 Å². The molecule has 0 unspecified atom stereocenters. The molecule has 18 heavy (non-hydrogen) atoms. The average molecular weight is 314 g/mol. The zero-order valence-electron chi connectivity index (χ0n) is 9.91. The highest BCUT2D eigenvalue weighted by Gasteiger charge is 2.12. The number of halogens is 2. The molecule has 0 bridgehead atoms. The fourth-order valence-corrected chi connectivity index (χ4v) is 1.97. The summed E-state index contributed by atoms with van der Waals surface area (Å²) in [5.41, 5.74) is 0.596. The van der Waals surface area contributed by atoms with Gasteiger partial charge in [0, 0.05) is 16.5 Å². The fourth-order valence-electron chi connectivity index (χ4n) is 1.55. The van der Waals surface area contributed by atoms with Crippen LogP contribution in [0.15, 0.2) is 27.2 Å². The first kappa shape index (κ1) is 13.2. The predicted molar refractivity (Wildman–Crippen MR) is 69.6 cm³/mol. The summed E-state index contributed by atoms with van der Waals surface area (Å²) >= 11 is 3.34.